The lowest BCUT2D eigenvalue weighted by atomic mass is 10.1. The van der Waals surface area contributed by atoms with Gasteiger partial charge < -0.3 is 14.7 Å². The molecule has 3 fully saturated rings. The van der Waals surface area contributed by atoms with E-state index in [1.54, 1.807) is 9.80 Å². The number of fused-ring (bicyclic) bond motifs is 2. The minimum Gasteiger partial charge on any atom is -0.368 e. The van der Waals surface area contributed by atoms with Gasteiger partial charge in [0.05, 0.1) is 6.67 Å². The highest BCUT2D eigenvalue weighted by molar-refractivity contribution is 5.95. The number of hydrogen-bond donors (Lipinski definition) is 0. The van der Waals surface area contributed by atoms with Crippen LogP contribution in [0.25, 0.3) is 10.8 Å². The molecule has 0 aromatic heterocycles. The van der Waals surface area contributed by atoms with E-state index in [1.165, 1.54) is 16.5 Å². The van der Waals surface area contributed by atoms with Crippen molar-refractivity contribution in [2.45, 2.75) is 31.8 Å². The van der Waals surface area contributed by atoms with Crippen molar-refractivity contribution in [3.05, 3.63) is 42.5 Å². The fourth-order valence-corrected chi connectivity index (χ4v) is 5.11. The first-order chi connectivity index (χ1) is 14.1. The highest BCUT2D eigenvalue weighted by Gasteiger charge is 2.42. The Labute approximate surface area is 171 Å². The molecule has 29 heavy (non-hydrogen) atoms. The molecule has 3 heterocycles. The fourth-order valence-electron chi connectivity index (χ4n) is 5.11. The van der Waals surface area contributed by atoms with Gasteiger partial charge in [0.1, 0.15) is 12.6 Å². The average Bonchev–Trinajstić information content (AvgIpc) is 3.24. The molecule has 0 N–H and O–H groups in total. The van der Waals surface area contributed by atoms with Crippen molar-refractivity contribution in [2.75, 3.05) is 44.3 Å². The lowest BCUT2D eigenvalue weighted by molar-refractivity contribution is -0.156. The second-order valence-electron chi connectivity index (χ2n) is 8.53. The van der Waals surface area contributed by atoms with Crippen LogP contribution in [-0.4, -0.2) is 78.0 Å². The molecule has 6 heteroatoms. The number of rotatable bonds is 3. The Hall–Kier alpha value is -2.60. The van der Waals surface area contributed by atoms with E-state index < -0.39 is 0 Å². The smallest absolute Gasteiger partial charge is 0.246 e. The second-order valence-corrected chi connectivity index (χ2v) is 8.53. The summed E-state index contributed by atoms with van der Waals surface area (Å²) in [5.74, 6) is 0.236. The van der Waals surface area contributed by atoms with Gasteiger partial charge in [-0.1, -0.05) is 36.4 Å². The lowest BCUT2D eigenvalue weighted by Gasteiger charge is -2.45. The van der Waals surface area contributed by atoms with Crippen molar-refractivity contribution >= 4 is 28.3 Å². The van der Waals surface area contributed by atoms with Crippen LogP contribution in [0.3, 0.4) is 0 Å². The summed E-state index contributed by atoms with van der Waals surface area (Å²) in [7, 11) is 0. The molecule has 152 valence electrons. The van der Waals surface area contributed by atoms with Gasteiger partial charge in [-0.3, -0.25) is 14.5 Å². The summed E-state index contributed by atoms with van der Waals surface area (Å²) in [5, 5.41) is 2.55. The molecule has 0 radical (unpaired) electrons. The third kappa shape index (κ3) is 3.25. The first-order valence-corrected chi connectivity index (χ1v) is 10.7. The quantitative estimate of drug-likeness (QED) is 0.803. The highest BCUT2D eigenvalue weighted by Crippen LogP contribution is 2.29. The Morgan fingerprint density at radius 3 is 2.69 bits per heavy atom. The lowest BCUT2D eigenvalue weighted by Crippen LogP contribution is -2.62. The predicted molar refractivity (Wildman–Crippen MR) is 114 cm³/mol. The van der Waals surface area contributed by atoms with Crippen molar-refractivity contribution in [1.82, 2.24) is 14.7 Å². The molecule has 2 aromatic carbocycles. The molecule has 0 aliphatic carbocycles. The number of anilines is 1. The van der Waals surface area contributed by atoms with Crippen LogP contribution in [0.1, 0.15) is 19.8 Å². The van der Waals surface area contributed by atoms with E-state index in [0.29, 0.717) is 12.7 Å². The maximum Gasteiger partial charge on any atom is 0.246 e. The number of carbonyl (C=O) groups excluding carboxylic acids is 2. The summed E-state index contributed by atoms with van der Waals surface area (Å²) >= 11 is 0. The number of benzene rings is 2. The van der Waals surface area contributed by atoms with Crippen LogP contribution in [0.2, 0.25) is 0 Å². The van der Waals surface area contributed by atoms with Crippen LogP contribution in [0.4, 0.5) is 5.69 Å². The number of piperazine rings is 2. The summed E-state index contributed by atoms with van der Waals surface area (Å²) < 4.78 is 0. The SMILES string of the molecule is C[C@@H]1CN(c2cccc3ccccc23)CCN1CN1CC(=O)N2CCC[C@H]2C1=O. The van der Waals surface area contributed by atoms with E-state index in [4.69, 9.17) is 0 Å². The number of hydrogen-bond acceptors (Lipinski definition) is 4. The third-order valence-electron chi connectivity index (χ3n) is 6.72. The van der Waals surface area contributed by atoms with Crippen molar-refractivity contribution < 1.29 is 9.59 Å². The fraction of sp³-hybridized carbons (Fsp3) is 0.478. The summed E-state index contributed by atoms with van der Waals surface area (Å²) in [6.45, 7) is 6.46. The molecule has 3 saturated heterocycles. The summed E-state index contributed by atoms with van der Waals surface area (Å²) in [5.41, 5.74) is 1.28. The summed E-state index contributed by atoms with van der Waals surface area (Å²) in [6.07, 6.45) is 1.75. The van der Waals surface area contributed by atoms with Crippen LogP contribution in [0.5, 0.6) is 0 Å². The zero-order valence-corrected chi connectivity index (χ0v) is 17.0. The van der Waals surface area contributed by atoms with Crippen LogP contribution in [0.15, 0.2) is 42.5 Å². The summed E-state index contributed by atoms with van der Waals surface area (Å²) in [4.78, 5) is 33.6. The van der Waals surface area contributed by atoms with Crippen LogP contribution in [0, 0.1) is 0 Å². The second kappa shape index (κ2) is 7.34. The standard InChI is InChI=1S/C23H28N4O2/c1-17-14-24(20-9-4-7-18-6-2-3-8-19(18)20)12-13-25(17)16-26-15-22(28)27-11-5-10-21(27)23(26)29/h2-4,6-9,17,21H,5,10-16H2,1H3/t17-,21+/m1/s1. The molecule has 0 unspecified atom stereocenters. The van der Waals surface area contributed by atoms with Gasteiger partial charge in [-0.25, -0.2) is 0 Å². The molecular weight excluding hydrogens is 364 g/mol. The Morgan fingerprint density at radius 1 is 1.00 bits per heavy atom. The largest absolute Gasteiger partial charge is 0.368 e. The number of amides is 2. The zero-order valence-electron chi connectivity index (χ0n) is 17.0. The minimum absolute atomic E-state index is 0.106. The normalized spacial score (nSPS) is 25.8. The molecular formula is C23H28N4O2. The van der Waals surface area contributed by atoms with E-state index in [1.807, 2.05) is 0 Å². The van der Waals surface area contributed by atoms with E-state index in [-0.39, 0.29) is 24.4 Å². The van der Waals surface area contributed by atoms with Gasteiger partial charge in [0.25, 0.3) is 0 Å². The Morgan fingerprint density at radius 2 is 1.83 bits per heavy atom. The van der Waals surface area contributed by atoms with Crippen molar-refractivity contribution in [2.24, 2.45) is 0 Å². The van der Waals surface area contributed by atoms with Gasteiger partial charge in [-0.05, 0) is 31.2 Å². The van der Waals surface area contributed by atoms with E-state index in [0.717, 1.165) is 39.0 Å². The van der Waals surface area contributed by atoms with E-state index in [2.05, 4.69) is 59.2 Å². The molecule has 3 aliphatic rings. The van der Waals surface area contributed by atoms with Crippen molar-refractivity contribution in [3.8, 4) is 0 Å². The number of nitrogens with zero attached hydrogens (tertiary/aromatic N) is 4. The van der Waals surface area contributed by atoms with Gasteiger partial charge in [-0.2, -0.15) is 0 Å². The molecule has 2 aromatic rings. The first-order valence-electron chi connectivity index (χ1n) is 10.7. The number of carbonyl (C=O) groups is 2. The Balaban J connectivity index is 1.28. The van der Waals surface area contributed by atoms with Gasteiger partial charge in [-0.15, -0.1) is 0 Å². The maximum atomic E-state index is 12.9. The van der Waals surface area contributed by atoms with E-state index >= 15 is 0 Å². The zero-order chi connectivity index (χ0) is 20.0. The van der Waals surface area contributed by atoms with Crippen LogP contribution < -0.4 is 4.90 Å². The van der Waals surface area contributed by atoms with Gasteiger partial charge in [0, 0.05) is 43.3 Å². The summed E-state index contributed by atoms with van der Waals surface area (Å²) in [6, 6.07) is 15.1. The van der Waals surface area contributed by atoms with E-state index in [9.17, 15) is 9.59 Å². The molecule has 0 saturated carbocycles. The maximum absolute atomic E-state index is 12.9. The molecule has 2 atom stereocenters. The van der Waals surface area contributed by atoms with Crippen LogP contribution in [-0.2, 0) is 9.59 Å². The van der Waals surface area contributed by atoms with Crippen molar-refractivity contribution in [1.29, 1.82) is 0 Å². The molecule has 5 rings (SSSR count). The van der Waals surface area contributed by atoms with Crippen LogP contribution >= 0.6 is 0 Å². The monoisotopic (exact) mass is 392 g/mol. The van der Waals surface area contributed by atoms with Gasteiger partial charge in [0.2, 0.25) is 11.8 Å². The van der Waals surface area contributed by atoms with Crippen molar-refractivity contribution in [3.63, 3.8) is 0 Å². The van der Waals surface area contributed by atoms with Gasteiger partial charge in [0.15, 0.2) is 0 Å². The molecule has 0 bridgehead atoms. The first kappa shape index (κ1) is 18.4. The Bertz CT molecular complexity index is 940. The third-order valence-corrected chi connectivity index (χ3v) is 6.72. The molecule has 3 aliphatic heterocycles. The minimum atomic E-state index is -0.219. The molecule has 0 spiro atoms. The Kier molecular flexibility index (Phi) is 4.66. The highest BCUT2D eigenvalue weighted by atomic mass is 16.2. The average molecular weight is 393 g/mol. The topological polar surface area (TPSA) is 47.1 Å². The predicted octanol–water partition coefficient (Wildman–Crippen LogP) is 2.14. The molecule has 2 amide bonds. The van der Waals surface area contributed by atoms with Gasteiger partial charge >= 0.3 is 0 Å². The molecule has 6 nitrogen and oxygen atoms in total.